The first-order valence-electron chi connectivity index (χ1n) is 6.59. The Morgan fingerprint density at radius 2 is 2.11 bits per heavy atom. The third kappa shape index (κ3) is 4.70. The minimum absolute atomic E-state index is 0.643. The van der Waals surface area contributed by atoms with Crippen molar-refractivity contribution in [1.82, 2.24) is 0 Å². The van der Waals surface area contributed by atoms with E-state index in [-0.39, 0.29) is 0 Å². The SMILES string of the molecule is CC/C=C\C(=C\CC(C)C)c1cccc(C=O)c1. The number of hydrogen-bond acceptors (Lipinski definition) is 1. The van der Waals surface area contributed by atoms with E-state index < -0.39 is 0 Å². The molecule has 0 radical (unpaired) electrons. The molecule has 1 aromatic rings. The van der Waals surface area contributed by atoms with Crippen molar-refractivity contribution in [3.05, 3.63) is 53.6 Å². The van der Waals surface area contributed by atoms with E-state index in [0.29, 0.717) is 5.92 Å². The van der Waals surface area contributed by atoms with Crippen LogP contribution < -0.4 is 0 Å². The first-order chi connectivity index (χ1) is 8.67. The van der Waals surface area contributed by atoms with Gasteiger partial charge in [-0.15, -0.1) is 0 Å². The van der Waals surface area contributed by atoms with Gasteiger partial charge in [0, 0.05) is 5.56 Å². The van der Waals surface area contributed by atoms with E-state index in [1.807, 2.05) is 18.2 Å². The zero-order valence-electron chi connectivity index (χ0n) is 11.5. The van der Waals surface area contributed by atoms with Crippen LogP contribution in [0.4, 0.5) is 0 Å². The minimum atomic E-state index is 0.643. The minimum Gasteiger partial charge on any atom is -0.298 e. The van der Waals surface area contributed by atoms with Crippen molar-refractivity contribution >= 4 is 11.9 Å². The second-order valence-corrected chi connectivity index (χ2v) is 4.84. The Balaban J connectivity index is 3.04. The Morgan fingerprint density at radius 1 is 1.33 bits per heavy atom. The summed E-state index contributed by atoms with van der Waals surface area (Å²) < 4.78 is 0. The van der Waals surface area contributed by atoms with Crippen LogP contribution in [0.2, 0.25) is 0 Å². The molecule has 0 bridgehead atoms. The van der Waals surface area contributed by atoms with Crippen LogP contribution in [0.3, 0.4) is 0 Å². The molecule has 18 heavy (non-hydrogen) atoms. The second-order valence-electron chi connectivity index (χ2n) is 4.84. The lowest BCUT2D eigenvalue weighted by molar-refractivity contribution is 0.112. The van der Waals surface area contributed by atoms with E-state index in [1.54, 1.807) is 0 Å². The topological polar surface area (TPSA) is 17.1 Å². The van der Waals surface area contributed by atoms with Gasteiger partial charge in [0.2, 0.25) is 0 Å². The summed E-state index contributed by atoms with van der Waals surface area (Å²) in [4.78, 5) is 10.8. The van der Waals surface area contributed by atoms with Crippen molar-refractivity contribution in [3.8, 4) is 0 Å². The standard InChI is InChI=1S/C17H22O/c1-4-5-8-16(11-10-14(2)3)17-9-6-7-15(12-17)13-18/h5-9,11-14H,4,10H2,1-3H3/b8-5-,16-11-. The molecule has 1 nitrogen and oxygen atoms in total. The van der Waals surface area contributed by atoms with Crippen LogP contribution in [0, 0.1) is 5.92 Å². The monoisotopic (exact) mass is 242 g/mol. The smallest absolute Gasteiger partial charge is 0.150 e. The van der Waals surface area contributed by atoms with Gasteiger partial charge in [-0.05, 0) is 36.0 Å². The van der Waals surface area contributed by atoms with Crippen LogP contribution in [0.1, 0.15) is 49.5 Å². The van der Waals surface area contributed by atoms with Crippen LogP contribution in [-0.4, -0.2) is 6.29 Å². The molecule has 0 heterocycles. The van der Waals surface area contributed by atoms with Gasteiger partial charge in [0.25, 0.3) is 0 Å². The molecule has 1 aromatic carbocycles. The van der Waals surface area contributed by atoms with Gasteiger partial charge in [-0.2, -0.15) is 0 Å². The lowest BCUT2D eigenvalue weighted by Crippen LogP contribution is -1.88. The van der Waals surface area contributed by atoms with Crippen molar-refractivity contribution < 1.29 is 4.79 Å². The quantitative estimate of drug-likeness (QED) is 0.512. The molecule has 0 spiro atoms. The average Bonchev–Trinajstić information content (AvgIpc) is 2.38. The van der Waals surface area contributed by atoms with Gasteiger partial charge in [0.05, 0.1) is 0 Å². The predicted molar refractivity (Wildman–Crippen MR) is 78.7 cm³/mol. The number of carbonyl (C=O) groups is 1. The Morgan fingerprint density at radius 3 is 2.72 bits per heavy atom. The summed E-state index contributed by atoms with van der Waals surface area (Å²) in [5.74, 6) is 0.643. The van der Waals surface area contributed by atoms with E-state index >= 15 is 0 Å². The van der Waals surface area contributed by atoms with Crippen molar-refractivity contribution in [2.75, 3.05) is 0 Å². The summed E-state index contributed by atoms with van der Waals surface area (Å²) in [5, 5.41) is 0. The maximum Gasteiger partial charge on any atom is 0.150 e. The van der Waals surface area contributed by atoms with Gasteiger partial charge in [-0.25, -0.2) is 0 Å². The molecule has 1 rings (SSSR count). The first kappa shape index (κ1) is 14.4. The van der Waals surface area contributed by atoms with E-state index in [0.717, 1.165) is 30.3 Å². The molecule has 0 amide bonds. The number of hydrogen-bond donors (Lipinski definition) is 0. The third-order valence-corrected chi connectivity index (χ3v) is 2.70. The normalized spacial score (nSPS) is 12.3. The fraction of sp³-hybridized carbons (Fsp3) is 0.353. The molecule has 1 heteroatoms. The number of carbonyl (C=O) groups excluding carboxylic acids is 1. The number of benzene rings is 1. The summed E-state index contributed by atoms with van der Waals surface area (Å²) in [6.07, 6.45) is 9.51. The number of rotatable bonds is 6. The molecule has 0 N–H and O–H groups in total. The lowest BCUT2D eigenvalue weighted by Gasteiger charge is -2.06. The van der Waals surface area contributed by atoms with Crippen LogP contribution in [0.5, 0.6) is 0 Å². The lowest BCUT2D eigenvalue weighted by atomic mass is 9.99. The number of aldehydes is 1. The van der Waals surface area contributed by atoms with E-state index in [4.69, 9.17) is 0 Å². The highest BCUT2D eigenvalue weighted by Gasteiger charge is 2.00. The molecule has 0 aliphatic heterocycles. The highest BCUT2D eigenvalue weighted by atomic mass is 16.1. The second kappa shape index (κ2) is 7.65. The summed E-state index contributed by atoms with van der Waals surface area (Å²) >= 11 is 0. The van der Waals surface area contributed by atoms with Gasteiger partial charge in [-0.3, -0.25) is 4.79 Å². The molecule has 0 fully saturated rings. The zero-order valence-corrected chi connectivity index (χ0v) is 11.5. The summed E-state index contributed by atoms with van der Waals surface area (Å²) in [6, 6.07) is 7.76. The molecule has 0 saturated heterocycles. The van der Waals surface area contributed by atoms with Gasteiger partial charge in [0.15, 0.2) is 0 Å². The summed E-state index contributed by atoms with van der Waals surface area (Å²) in [5.41, 5.74) is 3.05. The Labute approximate surface area is 110 Å². The third-order valence-electron chi connectivity index (χ3n) is 2.70. The summed E-state index contributed by atoms with van der Waals surface area (Å²) in [6.45, 7) is 6.54. The van der Waals surface area contributed by atoms with Crippen molar-refractivity contribution in [1.29, 1.82) is 0 Å². The fourth-order valence-corrected chi connectivity index (χ4v) is 1.68. The van der Waals surface area contributed by atoms with Crippen LogP contribution in [-0.2, 0) is 0 Å². The van der Waals surface area contributed by atoms with E-state index in [2.05, 4.69) is 45.1 Å². The van der Waals surface area contributed by atoms with E-state index in [1.165, 1.54) is 5.57 Å². The molecule has 0 aliphatic carbocycles. The van der Waals surface area contributed by atoms with Crippen molar-refractivity contribution in [2.45, 2.75) is 33.6 Å². The largest absolute Gasteiger partial charge is 0.298 e. The molecule has 0 atom stereocenters. The first-order valence-corrected chi connectivity index (χ1v) is 6.59. The van der Waals surface area contributed by atoms with Crippen LogP contribution in [0.15, 0.2) is 42.5 Å². The highest BCUT2D eigenvalue weighted by molar-refractivity contribution is 5.80. The molecule has 0 saturated carbocycles. The fourth-order valence-electron chi connectivity index (χ4n) is 1.68. The maximum absolute atomic E-state index is 10.8. The molecule has 0 unspecified atom stereocenters. The van der Waals surface area contributed by atoms with Crippen molar-refractivity contribution in [2.24, 2.45) is 5.92 Å². The van der Waals surface area contributed by atoms with Crippen LogP contribution in [0.25, 0.3) is 5.57 Å². The number of allylic oxidation sites excluding steroid dienone is 4. The molecular weight excluding hydrogens is 220 g/mol. The van der Waals surface area contributed by atoms with Gasteiger partial charge >= 0.3 is 0 Å². The highest BCUT2D eigenvalue weighted by Crippen LogP contribution is 2.19. The Hall–Kier alpha value is -1.63. The molecule has 96 valence electrons. The van der Waals surface area contributed by atoms with Gasteiger partial charge < -0.3 is 0 Å². The Kier molecular flexibility index (Phi) is 6.13. The van der Waals surface area contributed by atoms with Gasteiger partial charge in [-0.1, -0.05) is 57.2 Å². The van der Waals surface area contributed by atoms with E-state index in [9.17, 15) is 4.79 Å². The van der Waals surface area contributed by atoms with Crippen molar-refractivity contribution in [3.63, 3.8) is 0 Å². The zero-order chi connectivity index (χ0) is 13.4. The molecule has 0 aromatic heterocycles. The van der Waals surface area contributed by atoms with Gasteiger partial charge in [0.1, 0.15) is 6.29 Å². The predicted octanol–water partition coefficient (Wildman–Crippen LogP) is 4.89. The average molecular weight is 242 g/mol. The Bertz CT molecular complexity index is 439. The molecule has 0 aliphatic rings. The molecular formula is C17H22O. The summed E-state index contributed by atoms with van der Waals surface area (Å²) in [7, 11) is 0. The van der Waals surface area contributed by atoms with Crippen LogP contribution >= 0.6 is 0 Å². The maximum atomic E-state index is 10.8.